The second-order valence-corrected chi connectivity index (χ2v) is 11.9. The minimum atomic E-state index is -0.279. The molecule has 44 heavy (non-hydrogen) atoms. The highest BCUT2D eigenvalue weighted by molar-refractivity contribution is 6.01. The van der Waals surface area contributed by atoms with E-state index in [1.807, 2.05) is 41.3 Å². The molecule has 9 heteroatoms. The SMILES string of the molecule is COCCCN1C(=O)COc2ccc(N(C(=O)[C@H]3CNCC[C@@H]3c3cccc(-c4ccc(O)c(C(C)=O)c4)c3)C3CC3)cc21. The van der Waals surface area contributed by atoms with E-state index in [0.717, 1.165) is 48.2 Å². The molecule has 3 aromatic rings. The quantitative estimate of drug-likeness (QED) is 0.253. The first-order chi connectivity index (χ1) is 21.4. The molecule has 9 nitrogen and oxygen atoms in total. The first kappa shape index (κ1) is 29.8. The number of ether oxygens (including phenoxy) is 2. The van der Waals surface area contributed by atoms with E-state index >= 15 is 0 Å². The zero-order valence-electron chi connectivity index (χ0n) is 25.3. The molecule has 2 fully saturated rings. The van der Waals surface area contributed by atoms with Crippen molar-refractivity contribution in [2.45, 2.75) is 44.6 Å². The average Bonchev–Trinajstić information content (AvgIpc) is 3.87. The number of amides is 2. The third-order valence-electron chi connectivity index (χ3n) is 8.87. The second-order valence-electron chi connectivity index (χ2n) is 11.9. The molecule has 230 valence electrons. The largest absolute Gasteiger partial charge is 0.507 e. The van der Waals surface area contributed by atoms with E-state index < -0.39 is 0 Å². The molecule has 6 rings (SSSR count). The molecule has 2 atom stereocenters. The Morgan fingerprint density at radius 1 is 1.07 bits per heavy atom. The highest BCUT2D eigenvalue weighted by Gasteiger charge is 2.41. The Balaban J connectivity index is 1.30. The number of phenols is 1. The maximum Gasteiger partial charge on any atom is 0.265 e. The Morgan fingerprint density at radius 3 is 2.66 bits per heavy atom. The number of ketones is 1. The van der Waals surface area contributed by atoms with E-state index in [0.29, 0.717) is 37.6 Å². The van der Waals surface area contributed by atoms with Gasteiger partial charge in [0.25, 0.3) is 5.91 Å². The predicted octanol–water partition coefficient (Wildman–Crippen LogP) is 4.91. The molecule has 0 spiro atoms. The minimum Gasteiger partial charge on any atom is -0.507 e. The lowest BCUT2D eigenvalue weighted by Gasteiger charge is -2.36. The number of hydrogen-bond acceptors (Lipinski definition) is 7. The van der Waals surface area contributed by atoms with Gasteiger partial charge in [-0.3, -0.25) is 14.4 Å². The summed E-state index contributed by atoms with van der Waals surface area (Å²) < 4.78 is 10.9. The molecule has 3 aromatic carbocycles. The van der Waals surface area contributed by atoms with Gasteiger partial charge in [-0.1, -0.05) is 30.3 Å². The summed E-state index contributed by atoms with van der Waals surface area (Å²) in [5.41, 5.74) is 4.61. The van der Waals surface area contributed by atoms with Crippen molar-refractivity contribution in [2.24, 2.45) is 5.92 Å². The van der Waals surface area contributed by atoms with Crippen LogP contribution < -0.4 is 19.9 Å². The van der Waals surface area contributed by atoms with E-state index in [9.17, 15) is 19.5 Å². The van der Waals surface area contributed by atoms with Gasteiger partial charge in [0.1, 0.15) is 11.5 Å². The van der Waals surface area contributed by atoms with Gasteiger partial charge in [0.2, 0.25) is 5.91 Å². The summed E-state index contributed by atoms with van der Waals surface area (Å²) in [5.74, 6) is 0.119. The number of aromatic hydroxyl groups is 1. The van der Waals surface area contributed by atoms with Crippen LogP contribution in [0.1, 0.15) is 54.4 Å². The molecule has 2 aliphatic heterocycles. The molecule has 2 heterocycles. The van der Waals surface area contributed by atoms with Gasteiger partial charge in [-0.2, -0.15) is 0 Å². The first-order valence-electron chi connectivity index (χ1n) is 15.4. The Kier molecular flexibility index (Phi) is 8.68. The van der Waals surface area contributed by atoms with Crippen LogP contribution in [0.4, 0.5) is 11.4 Å². The normalized spacial score (nSPS) is 19.7. The number of piperidine rings is 1. The lowest BCUT2D eigenvalue weighted by molar-refractivity contribution is -0.123. The van der Waals surface area contributed by atoms with E-state index in [-0.39, 0.29) is 53.4 Å². The number of Topliss-reactive ketones (excluding diaryl/α,β-unsaturated/α-hetero) is 1. The number of carbonyl (C=O) groups excluding carboxylic acids is 3. The molecule has 0 unspecified atom stereocenters. The summed E-state index contributed by atoms with van der Waals surface area (Å²) in [5, 5.41) is 13.6. The average molecular weight is 598 g/mol. The number of nitrogens with one attached hydrogen (secondary N) is 1. The second kappa shape index (κ2) is 12.8. The van der Waals surface area contributed by atoms with Crippen molar-refractivity contribution >= 4 is 29.0 Å². The lowest BCUT2D eigenvalue weighted by atomic mass is 9.79. The maximum atomic E-state index is 14.5. The Hall–Kier alpha value is -4.21. The Bertz CT molecular complexity index is 1570. The van der Waals surface area contributed by atoms with Crippen molar-refractivity contribution in [1.82, 2.24) is 5.32 Å². The first-order valence-corrected chi connectivity index (χ1v) is 15.4. The summed E-state index contributed by atoms with van der Waals surface area (Å²) in [4.78, 5) is 43.0. The predicted molar refractivity (Wildman–Crippen MR) is 169 cm³/mol. The van der Waals surface area contributed by atoms with Crippen LogP contribution in [0.15, 0.2) is 60.7 Å². The highest BCUT2D eigenvalue weighted by Crippen LogP contribution is 2.42. The molecule has 0 aromatic heterocycles. The summed E-state index contributed by atoms with van der Waals surface area (Å²) in [6.07, 6.45) is 3.39. The van der Waals surface area contributed by atoms with Gasteiger partial charge >= 0.3 is 0 Å². The van der Waals surface area contributed by atoms with Crippen molar-refractivity contribution in [3.05, 3.63) is 71.8 Å². The van der Waals surface area contributed by atoms with E-state index in [2.05, 4.69) is 17.4 Å². The fourth-order valence-electron chi connectivity index (χ4n) is 6.45. The molecular formula is C35H39N3O6. The maximum absolute atomic E-state index is 14.5. The zero-order chi connectivity index (χ0) is 30.8. The summed E-state index contributed by atoms with van der Waals surface area (Å²) >= 11 is 0. The van der Waals surface area contributed by atoms with Crippen LogP contribution in [0.5, 0.6) is 11.5 Å². The van der Waals surface area contributed by atoms with Crippen LogP contribution in [0.3, 0.4) is 0 Å². The molecule has 0 bridgehead atoms. The number of hydrogen-bond donors (Lipinski definition) is 2. The number of fused-ring (bicyclic) bond motifs is 1. The number of nitrogens with zero attached hydrogens (tertiary/aromatic N) is 2. The van der Waals surface area contributed by atoms with Gasteiger partial charge in [0.15, 0.2) is 12.4 Å². The monoisotopic (exact) mass is 597 g/mol. The minimum absolute atomic E-state index is 0.000700. The van der Waals surface area contributed by atoms with Crippen LogP contribution in [-0.2, 0) is 14.3 Å². The number of phenolic OH excluding ortho intramolecular Hbond substituents is 1. The fraction of sp³-hybridized carbons (Fsp3) is 0.400. The molecule has 2 N–H and O–H groups in total. The van der Waals surface area contributed by atoms with Crippen LogP contribution in [-0.4, -0.2) is 68.7 Å². The third-order valence-corrected chi connectivity index (χ3v) is 8.87. The molecular weight excluding hydrogens is 558 g/mol. The van der Waals surface area contributed by atoms with Crippen molar-refractivity contribution in [2.75, 3.05) is 49.8 Å². The number of rotatable bonds is 10. The van der Waals surface area contributed by atoms with E-state index in [1.54, 1.807) is 24.1 Å². The van der Waals surface area contributed by atoms with Crippen molar-refractivity contribution in [3.63, 3.8) is 0 Å². The molecule has 2 amide bonds. The van der Waals surface area contributed by atoms with E-state index in [4.69, 9.17) is 9.47 Å². The van der Waals surface area contributed by atoms with Gasteiger partial charge in [-0.05, 0) is 92.1 Å². The van der Waals surface area contributed by atoms with Crippen LogP contribution in [0, 0.1) is 5.92 Å². The zero-order valence-corrected chi connectivity index (χ0v) is 25.3. The van der Waals surface area contributed by atoms with Gasteiger partial charge in [-0.15, -0.1) is 0 Å². The summed E-state index contributed by atoms with van der Waals surface area (Å²) in [6, 6.07) is 19.1. The number of carbonyl (C=O) groups is 3. The third kappa shape index (κ3) is 6.07. The van der Waals surface area contributed by atoms with Gasteiger partial charge in [-0.25, -0.2) is 0 Å². The Labute approximate surface area is 257 Å². The molecule has 1 saturated heterocycles. The fourth-order valence-corrected chi connectivity index (χ4v) is 6.45. The molecule has 1 saturated carbocycles. The van der Waals surface area contributed by atoms with E-state index in [1.165, 1.54) is 6.92 Å². The van der Waals surface area contributed by atoms with Crippen molar-refractivity contribution < 1.29 is 29.0 Å². The van der Waals surface area contributed by atoms with Crippen LogP contribution >= 0.6 is 0 Å². The van der Waals surface area contributed by atoms with Gasteiger partial charge < -0.3 is 29.7 Å². The molecule has 3 aliphatic rings. The number of benzene rings is 3. The number of methoxy groups -OCH3 is 1. The van der Waals surface area contributed by atoms with Crippen molar-refractivity contribution in [3.8, 4) is 22.6 Å². The Morgan fingerprint density at radius 2 is 1.89 bits per heavy atom. The number of anilines is 2. The van der Waals surface area contributed by atoms with Gasteiger partial charge in [0, 0.05) is 38.5 Å². The highest BCUT2D eigenvalue weighted by atomic mass is 16.5. The lowest BCUT2D eigenvalue weighted by Crippen LogP contribution is -2.47. The standard InChI is InChI=1S/C35H39N3O6/c1-22(39)29-18-24(7-11-32(29)40)23-5-3-6-25(17-23)28-13-14-36-20-30(28)35(42)38(26-8-9-26)27-10-12-33-31(19-27)37(15-4-16-43-2)34(41)21-44-33/h3,5-7,10-12,17-19,26,28,30,36,40H,4,8-9,13-16,20-21H2,1-2H3/t28-,30+/m1/s1. The van der Waals surface area contributed by atoms with Crippen LogP contribution in [0.2, 0.25) is 0 Å². The van der Waals surface area contributed by atoms with Gasteiger partial charge in [0.05, 0.1) is 17.2 Å². The topological polar surface area (TPSA) is 108 Å². The van der Waals surface area contributed by atoms with Crippen LogP contribution in [0.25, 0.3) is 11.1 Å². The summed E-state index contributed by atoms with van der Waals surface area (Å²) in [7, 11) is 1.65. The molecule has 0 radical (unpaired) electrons. The van der Waals surface area contributed by atoms with Crippen molar-refractivity contribution in [1.29, 1.82) is 0 Å². The smallest absolute Gasteiger partial charge is 0.265 e. The summed E-state index contributed by atoms with van der Waals surface area (Å²) in [6.45, 7) is 3.89. The molecule has 1 aliphatic carbocycles.